The highest BCUT2D eigenvalue weighted by molar-refractivity contribution is 5.85. The fourth-order valence-corrected chi connectivity index (χ4v) is 2.17. The van der Waals surface area contributed by atoms with Crippen molar-refractivity contribution in [1.29, 1.82) is 0 Å². The summed E-state index contributed by atoms with van der Waals surface area (Å²) in [6.07, 6.45) is -0.371. The molecular formula is C14H17NO5. The molecule has 1 aromatic rings. The summed E-state index contributed by atoms with van der Waals surface area (Å²) < 4.78 is 10.1. The van der Waals surface area contributed by atoms with Crippen LogP contribution >= 0.6 is 0 Å². The number of carbonyl (C=O) groups excluding carboxylic acids is 1. The Kier molecular flexibility index (Phi) is 4.24. The summed E-state index contributed by atoms with van der Waals surface area (Å²) in [5.74, 6) is -1.07. The molecule has 0 aromatic heterocycles. The number of rotatable bonds is 5. The predicted molar refractivity (Wildman–Crippen MR) is 70.2 cm³/mol. The van der Waals surface area contributed by atoms with Gasteiger partial charge in [-0.3, -0.25) is 0 Å². The SMILES string of the molecule is COC1CC(NC(=O)OCc2ccccc2)(C(=O)O)C1. The fraction of sp³-hybridized carbons (Fsp3) is 0.429. The molecule has 2 rings (SSSR count). The highest BCUT2D eigenvalue weighted by atomic mass is 16.5. The average Bonchev–Trinajstić information content (AvgIpc) is 2.41. The van der Waals surface area contributed by atoms with Crippen molar-refractivity contribution in [2.75, 3.05) is 7.11 Å². The van der Waals surface area contributed by atoms with Crippen LogP contribution in [0, 0.1) is 0 Å². The van der Waals surface area contributed by atoms with Crippen molar-refractivity contribution in [3.8, 4) is 0 Å². The number of amides is 1. The topological polar surface area (TPSA) is 84.9 Å². The molecule has 1 aliphatic rings. The molecule has 6 nitrogen and oxygen atoms in total. The molecular weight excluding hydrogens is 262 g/mol. The molecule has 1 aliphatic carbocycles. The Bertz CT molecular complexity index is 482. The number of alkyl carbamates (subject to hydrolysis) is 1. The third-order valence-electron chi connectivity index (χ3n) is 3.45. The van der Waals surface area contributed by atoms with Crippen molar-refractivity contribution in [3.05, 3.63) is 35.9 Å². The number of carboxylic acid groups (broad SMARTS) is 1. The number of methoxy groups -OCH3 is 1. The lowest BCUT2D eigenvalue weighted by Gasteiger charge is -2.43. The smallest absolute Gasteiger partial charge is 0.408 e. The van der Waals surface area contributed by atoms with Gasteiger partial charge in [-0.1, -0.05) is 30.3 Å². The molecule has 0 radical (unpaired) electrons. The van der Waals surface area contributed by atoms with E-state index >= 15 is 0 Å². The average molecular weight is 279 g/mol. The standard InChI is InChI=1S/C14H17NO5/c1-19-11-7-14(8-11,12(16)17)15-13(18)20-9-10-5-3-2-4-6-10/h2-6,11H,7-9H2,1H3,(H,15,18)(H,16,17). The monoisotopic (exact) mass is 279 g/mol. The zero-order valence-corrected chi connectivity index (χ0v) is 11.2. The molecule has 0 atom stereocenters. The lowest BCUT2D eigenvalue weighted by molar-refractivity contribution is -0.155. The van der Waals surface area contributed by atoms with E-state index in [4.69, 9.17) is 9.47 Å². The van der Waals surface area contributed by atoms with Crippen molar-refractivity contribution in [2.24, 2.45) is 0 Å². The van der Waals surface area contributed by atoms with Gasteiger partial charge in [0.25, 0.3) is 0 Å². The molecule has 1 saturated carbocycles. The van der Waals surface area contributed by atoms with E-state index in [1.807, 2.05) is 30.3 Å². The summed E-state index contributed by atoms with van der Waals surface area (Å²) in [4.78, 5) is 22.9. The van der Waals surface area contributed by atoms with Crippen LogP contribution in [-0.4, -0.2) is 35.9 Å². The molecule has 0 aliphatic heterocycles. The maximum absolute atomic E-state index is 11.7. The first-order valence-electron chi connectivity index (χ1n) is 6.31. The van der Waals surface area contributed by atoms with Crippen molar-refractivity contribution in [3.63, 3.8) is 0 Å². The molecule has 2 N–H and O–H groups in total. The van der Waals surface area contributed by atoms with Gasteiger partial charge in [-0.25, -0.2) is 9.59 Å². The Labute approximate surface area is 116 Å². The molecule has 0 heterocycles. The van der Waals surface area contributed by atoms with Crippen LogP contribution in [0.3, 0.4) is 0 Å². The second kappa shape index (κ2) is 5.92. The van der Waals surface area contributed by atoms with Gasteiger partial charge in [-0.2, -0.15) is 0 Å². The number of aliphatic carboxylic acids is 1. The van der Waals surface area contributed by atoms with E-state index in [0.717, 1.165) is 5.56 Å². The third-order valence-corrected chi connectivity index (χ3v) is 3.45. The van der Waals surface area contributed by atoms with Crippen LogP contribution in [0.5, 0.6) is 0 Å². The molecule has 0 bridgehead atoms. The van der Waals surface area contributed by atoms with Gasteiger partial charge in [0.05, 0.1) is 6.10 Å². The minimum Gasteiger partial charge on any atom is -0.479 e. The van der Waals surface area contributed by atoms with Crippen molar-refractivity contribution in [1.82, 2.24) is 5.32 Å². The number of nitrogens with one attached hydrogen (secondary N) is 1. The molecule has 1 amide bonds. The third kappa shape index (κ3) is 3.08. The highest BCUT2D eigenvalue weighted by Gasteiger charge is 2.52. The summed E-state index contributed by atoms with van der Waals surface area (Å²) in [7, 11) is 1.52. The van der Waals surface area contributed by atoms with Crippen molar-refractivity contribution in [2.45, 2.75) is 31.1 Å². The Balaban J connectivity index is 1.86. The van der Waals surface area contributed by atoms with Gasteiger partial charge in [0.2, 0.25) is 0 Å². The molecule has 20 heavy (non-hydrogen) atoms. The van der Waals surface area contributed by atoms with Crippen molar-refractivity contribution >= 4 is 12.1 Å². The summed E-state index contributed by atoms with van der Waals surface area (Å²) in [5, 5.41) is 11.6. The van der Waals surface area contributed by atoms with E-state index < -0.39 is 17.6 Å². The second-order valence-electron chi connectivity index (χ2n) is 4.84. The lowest BCUT2D eigenvalue weighted by Crippen LogP contribution is -2.64. The minimum absolute atomic E-state index is 0.107. The quantitative estimate of drug-likeness (QED) is 0.854. The molecule has 108 valence electrons. The Morgan fingerprint density at radius 1 is 1.35 bits per heavy atom. The molecule has 6 heteroatoms. The largest absolute Gasteiger partial charge is 0.479 e. The first kappa shape index (κ1) is 14.3. The van der Waals surface area contributed by atoms with E-state index in [1.165, 1.54) is 7.11 Å². The molecule has 0 saturated heterocycles. The zero-order chi connectivity index (χ0) is 14.6. The zero-order valence-electron chi connectivity index (χ0n) is 11.2. The number of carboxylic acids is 1. The maximum Gasteiger partial charge on any atom is 0.408 e. The fourth-order valence-electron chi connectivity index (χ4n) is 2.17. The van der Waals surface area contributed by atoms with Gasteiger partial charge >= 0.3 is 12.1 Å². The van der Waals surface area contributed by atoms with Crippen LogP contribution < -0.4 is 5.32 Å². The Morgan fingerprint density at radius 2 is 2.00 bits per heavy atom. The summed E-state index contributed by atoms with van der Waals surface area (Å²) in [6, 6.07) is 9.19. The molecule has 0 spiro atoms. The van der Waals surface area contributed by atoms with Gasteiger partial charge < -0.3 is 19.9 Å². The van der Waals surface area contributed by atoms with E-state index in [1.54, 1.807) is 0 Å². The van der Waals surface area contributed by atoms with E-state index in [2.05, 4.69) is 5.32 Å². The second-order valence-corrected chi connectivity index (χ2v) is 4.84. The normalized spacial score (nSPS) is 24.6. The lowest BCUT2D eigenvalue weighted by atomic mass is 9.74. The van der Waals surface area contributed by atoms with Crippen LogP contribution in [-0.2, 0) is 20.9 Å². The van der Waals surface area contributed by atoms with E-state index in [-0.39, 0.29) is 25.6 Å². The number of hydrogen-bond acceptors (Lipinski definition) is 4. The van der Waals surface area contributed by atoms with Crippen LogP contribution in [0.25, 0.3) is 0 Å². The number of benzene rings is 1. The van der Waals surface area contributed by atoms with Crippen LogP contribution in [0.2, 0.25) is 0 Å². The Morgan fingerprint density at radius 3 is 2.55 bits per heavy atom. The predicted octanol–water partition coefficient (Wildman–Crippen LogP) is 1.54. The minimum atomic E-state index is -1.27. The number of ether oxygens (including phenoxy) is 2. The van der Waals surface area contributed by atoms with Gasteiger partial charge in [0.15, 0.2) is 0 Å². The van der Waals surface area contributed by atoms with Crippen LogP contribution in [0.4, 0.5) is 4.79 Å². The first-order valence-corrected chi connectivity index (χ1v) is 6.31. The Hall–Kier alpha value is -2.08. The maximum atomic E-state index is 11.7. The van der Waals surface area contributed by atoms with Crippen molar-refractivity contribution < 1.29 is 24.2 Å². The number of carbonyl (C=O) groups is 2. The summed E-state index contributed by atoms with van der Waals surface area (Å²) in [5.41, 5.74) is -0.426. The van der Waals surface area contributed by atoms with Gasteiger partial charge in [0, 0.05) is 20.0 Å². The molecule has 1 aromatic carbocycles. The summed E-state index contributed by atoms with van der Waals surface area (Å²) >= 11 is 0. The first-order chi connectivity index (χ1) is 9.55. The van der Waals surface area contributed by atoms with Gasteiger partial charge in [-0.15, -0.1) is 0 Å². The van der Waals surface area contributed by atoms with Crippen LogP contribution in [0.15, 0.2) is 30.3 Å². The van der Waals surface area contributed by atoms with Gasteiger partial charge in [-0.05, 0) is 5.56 Å². The van der Waals surface area contributed by atoms with Crippen LogP contribution in [0.1, 0.15) is 18.4 Å². The van der Waals surface area contributed by atoms with E-state index in [0.29, 0.717) is 0 Å². The van der Waals surface area contributed by atoms with Gasteiger partial charge in [0.1, 0.15) is 12.1 Å². The number of hydrogen-bond donors (Lipinski definition) is 2. The highest BCUT2D eigenvalue weighted by Crippen LogP contribution is 2.34. The molecule has 1 fully saturated rings. The van der Waals surface area contributed by atoms with E-state index in [9.17, 15) is 14.7 Å². The summed E-state index contributed by atoms with van der Waals surface area (Å²) in [6.45, 7) is 0.107. The molecule has 0 unspecified atom stereocenters.